The van der Waals surface area contributed by atoms with Crippen molar-refractivity contribution in [1.82, 2.24) is 0 Å². The Balaban J connectivity index is 0.000000148. The van der Waals surface area contributed by atoms with E-state index < -0.39 is 0 Å². The highest BCUT2D eigenvalue weighted by atomic mass is 16.5. The van der Waals surface area contributed by atoms with E-state index in [1.807, 2.05) is 12.1 Å². The Morgan fingerprint density at radius 1 is 0.370 bits per heavy atom. The summed E-state index contributed by atoms with van der Waals surface area (Å²) in [6.07, 6.45) is 45.0. The minimum Gasteiger partial charge on any atom is -0.426 e. The third-order valence-corrected chi connectivity index (χ3v) is 21.5. The Labute approximate surface area is 449 Å². The summed E-state index contributed by atoms with van der Waals surface area (Å²) >= 11 is 0. The van der Waals surface area contributed by atoms with Crippen LogP contribution in [0.4, 0.5) is 0 Å². The van der Waals surface area contributed by atoms with Crippen LogP contribution in [0.2, 0.25) is 0 Å². The van der Waals surface area contributed by atoms with E-state index in [2.05, 4.69) is 102 Å². The van der Waals surface area contributed by atoms with Crippen LogP contribution < -0.4 is 4.74 Å². The summed E-state index contributed by atoms with van der Waals surface area (Å²) in [5, 5.41) is 0. The zero-order valence-electron chi connectivity index (χ0n) is 48.0. The van der Waals surface area contributed by atoms with Gasteiger partial charge in [-0.15, -0.1) is 0 Å². The Kier molecular flexibility index (Phi) is 22.4. The summed E-state index contributed by atoms with van der Waals surface area (Å²) < 4.78 is 5.77. The minimum atomic E-state index is -0.0000393. The lowest BCUT2D eigenvalue weighted by molar-refractivity contribution is -0.140. The zero-order chi connectivity index (χ0) is 50.9. The molecule has 10 rings (SSSR count). The predicted molar refractivity (Wildman–Crippen MR) is 311 cm³/mol. The molecule has 0 saturated heterocycles. The van der Waals surface area contributed by atoms with Crippen molar-refractivity contribution in [2.24, 2.45) is 71.0 Å². The summed E-state index contributed by atoms with van der Waals surface area (Å²) in [5.74, 6) is 13.2. The molecule has 0 unspecified atom stereocenters. The summed E-state index contributed by atoms with van der Waals surface area (Å²) in [5.41, 5.74) is 7.31. The van der Waals surface area contributed by atoms with Gasteiger partial charge in [0.25, 0.3) is 0 Å². The first-order valence-corrected chi connectivity index (χ1v) is 31.9. The van der Waals surface area contributed by atoms with Crippen molar-refractivity contribution in [3.63, 3.8) is 0 Å². The molecule has 0 amide bonds. The van der Waals surface area contributed by atoms with Crippen molar-refractivity contribution in [3.05, 3.63) is 101 Å². The molecule has 3 aromatic carbocycles. The predicted octanol–water partition coefficient (Wildman–Crippen LogP) is 21.0. The number of carbonyl (C=O) groups excluding carboxylic acids is 1. The Bertz CT molecular complexity index is 1960. The van der Waals surface area contributed by atoms with Crippen LogP contribution in [0.15, 0.2) is 72.8 Å². The van der Waals surface area contributed by atoms with E-state index in [1.54, 1.807) is 5.56 Å². The van der Waals surface area contributed by atoms with Crippen LogP contribution in [-0.4, -0.2) is 5.97 Å². The molecule has 73 heavy (non-hydrogen) atoms. The van der Waals surface area contributed by atoms with Gasteiger partial charge in [0.15, 0.2) is 0 Å². The van der Waals surface area contributed by atoms with E-state index in [9.17, 15) is 4.79 Å². The second kappa shape index (κ2) is 29.0. The van der Waals surface area contributed by atoms with Gasteiger partial charge in [0, 0.05) is 0 Å². The summed E-state index contributed by atoms with van der Waals surface area (Å²) in [6, 6.07) is 26.9. The molecule has 7 saturated carbocycles. The van der Waals surface area contributed by atoms with E-state index >= 15 is 0 Å². The minimum absolute atomic E-state index is 0.0000393. The highest BCUT2D eigenvalue weighted by Crippen LogP contribution is 2.45. The van der Waals surface area contributed by atoms with Gasteiger partial charge < -0.3 is 4.74 Å². The van der Waals surface area contributed by atoms with Gasteiger partial charge in [-0.05, 0) is 235 Å². The van der Waals surface area contributed by atoms with Gasteiger partial charge in [0.05, 0.1) is 5.92 Å². The normalized spacial score (nSPS) is 34.0. The number of hydrogen-bond donors (Lipinski definition) is 0. The molecule has 7 fully saturated rings. The Hall–Kier alpha value is -2.87. The number of carbonyl (C=O) groups is 1. The first-order chi connectivity index (χ1) is 35.5. The van der Waals surface area contributed by atoms with E-state index in [1.165, 1.54) is 215 Å². The van der Waals surface area contributed by atoms with Crippen molar-refractivity contribution in [2.45, 2.75) is 259 Å². The summed E-state index contributed by atoms with van der Waals surface area (Å²) in [4.78, 5) is 12.7. The van der Waals surface area contributed by atoms with Crippen LogP contribution in [0.1, 0.15) is 266 Å². The molecule has 2 heteroatoms. The molecular formula is C71H108O2. The fraction of sp³-hybridized carbons (Fsp3) is 0.732. The topological polar surface area (TPSA) is 26.3 Å². The van der Waals surface area contributed by atoms with Crippen LogP contribution >= 0.6 is 0 Å². The lowest BCUT2D eigenvalue weighted by Gasteiger charge is -2.37. The number of aryl methyl sites for hydroxylation is 3. The van der Waals surface area contributed by atoms with Crippen molar-refractivity contribution >= 4 is 5.97 Å². The number of hydrogen-bond acceptors (Lipinski definition) is 2. The van der Waals surface area contributed by atoms with Gasteiger partial charge >= 0.3 is 5.97 Å². The maximum Gasteiger partial charge on any atom is 0.314 e. The van der Waals surface area contributed by atoms with Gasteiger partial charge in [-0.25, -0.2) is 0 Å². The number of esters is 1. The molecular weight excluding hydrogens is 885 g/mol. The van der Waals surface area contributed by atoms with Crippen molar-refractivity contribution < 1.29 is 9.53 Å². The van der Waals surface area contributed by atoms with E-state index in [0.717, 1.165) is 89.6 Å². The van der Waals surface area contributed by atoms with Crippen molar-refractivity contribution in [2.75, 3.05) is 0 Å². The third kappa shape index (κ3) is 18.1. The molecule has 7 aliphatic carbocycles. The lowest BCUT2D eigenvalue weighted by atomic mass is 9.69. The standard InChI is InChI=1S/C27H40O2.2C22H34/c1-19-3-7-21(8-4-19)23-11-13-25(14-12-23)27(28)29-26-17-15-24(16-18-26)22-9-5-20(2)6-10-22;2*1-17-3-7-19(8-4-17)9-10-20-11-15-22(16-12-20)21-13-5-18(2)6-14-21/h15-23,25H,3-14H2,1-2H3;5-6,13-14,17,19-20,22H,3-4,7-12,15-16H2,1-2H3;3-4,7-8,18,20-22H,5-6,9-16H2,1-2H3. The van der Waals surface area contributed by atoms with Gasteiger partial charge in [-0.1, -0.05) is 189 Å². The van der Waals surface area contributed by atoms with Crippen LogP contribution in [-0.2, 0) is 11.2 Å². The highest BCUT2D eigenvalue weighted by molar-refractivity contribution is 5.75. The zero-order valence-corrected chi connectivity index (χ0v) is 48.0. The van der Waals surface area contributed by atoms with Crippen LogP contribution in [0.3, 0.4) is 0 Å². The molecule has 7 aliphatic rings. The SMILES string of the molecule is CC1CCC(c2ccc(OC(=O)C3CCC(C4CCC(C)CC4)CC3)cc2)CC1.Cc1ccc(C2CCC(CCC3CCC(C)CC3)CC2)cc1.Cc1ccc(CCC2CCC(C3CCC(C)CC3)CC2)cc1. The quantitative estimate of drug-likeness (QED) is 0.134. The average Bonchev–Trinajstić information content (AvgIpc) is 3.42. The average molecular weight is 994 g/mol. The van der Waals surface area contributed by atoms with Gasteiger partial charge in [0.2, 0.25) is 0 Å². The number of ether oxygens (including phenoxy) is 1. The smallest absolute Gasteiger partial charge is 0.314 e. The first kappa shape index (κ1) is 56.3. The van der Waals surface area contributed by atoms with Crippen LogP contribution in [0.5, 0.6) is 5.75 Å². The van der Waals surface area contributed by atoms with Gasteiger partial charge in [0.1, 0.15) is 5.75 Å². The van der Waals surface area contributed by atoms with Crippen molar-refractivity contribution in [1.29, 1.82) is 0 Å². The molecule has 0 bridgehead atoms. The van der Waals surface area contributed by atoms with E-state index in [0.29, 0.717) is 5.92 Å². The largest absolute Gasteiger partial charge is 0.426 e. The molecule has 0 spiro atoms. The molecule has 404 valence electrons. The molecule has 0 radical (unpaired) electrons. The van der Waals surface area contributed by atoms with Crippen molar-refractivity contribution in [3.8, 4) is 5.75 Å². The third-order valence-electron chi connectivity index (χ3n) is 21.5. The summed E-state index contributed by atoms with van der Waals surface area (Å²) in [6.45, 7) is 14.0. The second-order valence-electron chi connectivity index (χ2n) is 27.2. The molecule has 0 aromatic heterocycles. The monoisotopic (exact) mass is 993 g/mol. The second-order valence-corrected chi connectivity index (χ2v) is 27.2. The highest BCUT2D eigenvalue weighted by Gasteiger charge is 2.34. The fourth-order valence-corrected chi connectivity index (χ4v) is 15.7. The molecule has 0 N–H and O–H groups in total. The van der Waals surface area contributed by atoms with Gasteiger partial charge in [-0.2, -0.15) is 0 Å². The Morgan fingerprint density at radius 3 is 1.14 bits per heavy atom. The van der Waals surface area contributed by atoms with E-state index in [4.69, 9.17) is 4.74 Å². The number of benzene rings is 3. The number of rotatable bonds is 12. The molecule has 0 aliphatic heterocycles. The molecule has 0 atom stereocenters. The van der Waals surface area contributed by atoms with Crippen LogP contribution in [0.25, 0.3) is 0 Å². The Morgan fingerprint density at radius 2 is 0.685 bits per heavy atom. The van der Waals surface area contributed by atoms with Gasteiger partial charge in [-0.3, -0.25) is 4.79 Å². The molecule has 2 nitrogen and oxygen atoms in total. The maximum absolute atomic E-state index is 12.7. The summed E-state index contributed by atoms with van der Waals surface area (Å²) in [7, 11) is 0. The first-order valence-electron chi connectivity index (χ1n) is 31.9. The maximum atomic E-state index is 12.7. The van der Waals surface area contributed by atoms with E-state index in [-0.39, 0.29) is 11.9 Å². The molecule has 3 aromatic rings. The molecule has 0 heterocycles. The van der Waals surface area contributed by atoms with Crippen LogP contribution in [0, 0.1) is 84.9 Å². The fourth-order valence-electron chi connectivity index (χ4n) is 15.7. The lowest BCUT2D eigenvalue weighted by Crippen LogP contribution is -2.29.